The number of hydrogen-bond donors (Lipinski definition) is 2. The fourth-order valence-corrected chi connectivity index (χ4v) is 4.23. The highest BCUT2D eigenvalue weighted by Gasteiger charge is 2.26. The van der Waals surface area contributed by atoms with Crippen LogP contribution in [0.4, 0.5) is 5.95 Å². The summed E-state index contributed by atoms with van der Waals surface area (Å²) in [5, 5.41) is 8.84. The van der Waals surface area contributed by atoms with Crippen molar-refractivity contribution in [3.63, 3.8) is 0 Å². The molecule has 3 aromatic rings. The molecule has 1 aliphatic heterocycles. The highest BCUT2D eigenvalue weighted by atomic mass is 35.5. The standard InChI is InChI=1S/C21H27ClN6O/c1-12(2)17-18(13(3)15-8-4-5-9-16(15)22)27-28-19(17)25-21(26-20(28)23)29-14-7-6-10-24-11-14/h4-5,8-9,12-14,24H,6-7,10-11H2,1-3H3,(H2,23,25,26)/t13-,14+/m0/s1. The Balaban J connectivity index is 1.78. The number of ether oxygens (including phenoxy) is 1. The molecule has 0 aliphatic carbocycles. The Bertz CT molecular complexity index is 1010. The number of anilines is 1. The summed E-state index contributed by atoms with van der Waals surface area (Å²) < 4.78 is 7.64. The number of nitrogens with two attached hydrogens (primary N) is 1. The molecule has 3 N–H and O–H groups in total. The second-order valence-corrected chi connectivity index (χ2v) is 8.29. The van der Waals surface area contributed by atoms with Crippen LogP contribution in [0.25, 0.3) is 5.65 Å². The first-order valence-electron chi connectivity index (χ1n) is 10.1. The molecule has 154 valence electrons. The fraction of sp³-hybridized carbons (Fsp3) is 0.476. The van der Waals surface area contributed by atoms with Gasteiger partial charge in [0.2, 0.25) is 5.95 Å². The Labute approximate surface area is 175 Å². The number of piperidine rings is 1. The van der Waals surface area contributed by atoms with E-state index >= 15 is 0 Å². The van der Waals surface area contributed by atoms with Crippen LogP contribution in [0.15, 0.2) is 24.3 Å². The van der Waals surface area contributed by atoms with Gasteiger partial charge in [0.1, 0.15) is 6.10 Å². The highest BCUT2D eigenvalue weighted by Crippen LogP contribution is 2.36. The summed E-state index contributed by atoms with van der Waals surface area (Å²) >= 11 is 6.45. The highest BCUT2D eigenvalue weighted by molar-refractivity contribution is 6.31. The number of nitrogen functional groups attached to an aromatic ring is 1. The summed E-state index contributed by atoms with van der Waals surface area (Å²) in [5.41, 5.74) is 9.91. The van der Waals surface area contributed by atoms with Gasteiger partial charge in [-0.05, 0) is 36.9 Å². The van der Waals surface area contributed by atoms with Crippen molar-refractivity contribution in [2.24, 2.45) is 0 Å². The maximum atomic E-state index is 6.45. The SMILES string of the molecule is CC(C)c1c([C@@H](C)c2ccccc2Cl)nn2c(N)nc(O[C@@H]3CCCNC3)nc12. The van der Waals surface area contributed by atoms with Gasteiger partial charge in [0.15, 0.2) is 5.65 Å². The Morgan fingerprint density at radius 3 is 2.72 bits per heavy atom. The minimum atomic E-state index is -0.00545. The number of rotatable bonds is 5. The lowest BCUT2D eigenvalue weighted by atomic mass is 9.91. The van der Waals surface area contributed by atoms with E-state index < -0.39 is 0 Å². The second kappa shape index (κ2) is 8.16. The molecule has 4 rings (SSSR count). The molecule has 2 atom stereocenters. The molecule has 7 nitrogen and oxygen atoms in total. The van der Waals surface area contributed by atoms with Gasteiger partial charge in [-0.15, -0.1) is 0 Å². The summed E-state index contributed by atoms with van der Waals surface area (Å²) in [7, 11) is 0. The summed E-state index contributed by atoms with van der Waals surface area (Å²) in [5.74, 6) is 0.466. The molecule has 0 spiro atoms. The van der Waals surface area contributed by atoms with Gasteiger partial charge in [-0.3, -0.25) is 0 Å². The quantitative estimate of drug-likeness (QED) is 0.660. The lowest BCUT2D eigenvalue weighted by molar-refractivity contribution is 0.153. The van der Waals surface area contributed by atoms with E-state index in [0.717, 1.165) is 47.8 Å². The minimum absolute atomic E-state index is 0.00545. The molecule has 1 aromatic carbocycles. The van der Waals surface area contributed by atoms with Gasteiger partial charge in [-0.2, -0.15) is 19.6 Å². The monoisotopic (exact) mass is 414 g/mol. The van der Waals surface area contributed by atoms with Gasteiger partial charge < -0.3 is 15.8 Å². The summed E-state index contributed by atoms with van der Waals surface area (Å²) in [6, 6.07) is 8.15. The lowest BCUT2D eigenvalue weighted by Gasteiger charge is -2.22. The fourth-order valence-electron chi connectivity index (χ4n) is 3.94. The number of halogens is 1. The van der Waals surface area contributed by atoms with Crippen LogP contribution in [0, 0.1) is 0 Å². The average Bonchev–Trinajstić information content (AvgIpc) is 3.09. The van der Waals surface area contributed by atoms with E-state index in [1.807, 2.05) is 24.3 Å². The van der Waals surface area contributed by atoms with Crippen LogP contribution in [-0.2, 0) is 0 Å². The van der Waals surface area contributed by atoms with Crippen LogP contribution < -0.4 is 15.8 Å². The molecular formula is C21H27ClN6O. The van der Waals surface area contributed by atoms with E-state index in [4.69, 9.17) is 32.2 Å². The number of nitrogens with one attached hydrogen (secondary N) is 1. The van der Waals surface area contributed by atoms with E-state index in [9.17, 15) is 0 Å². The van der Waals surface area contributed by atoms with Crippen LogP contribution in [0.1, 0.15) is 62.3 Å². The van der Waals surface area contributed by atoms with Crippen molar-refractivity contribution in [1.29, 1.82) is 0 Å². The molecule has 2 aromatic heterocycles. The van der Waals surface area contributed by atoms with Crippen molar-refractivity contribution in [1.82, 2.24) is 24.9 Å². The van der Waals surface area contributed by atoms with E-state index in [1.165, 1.54) is 0 Å². The molecule has 3 heterocycles. The first-order valence-corrected chi connectivity index (χ1v) is 10.5. The Morgan fingerprint density at radius 2 is 2.03 bits per heavy atom. The van der Waals surface area contributed by atoms with Gasteiger partial charge in [-0.1, -0.05) is 50.6 Å². The van der Waals surface area contributed by atoms with Crippen molar-refractivity contribution in [3.8, 4) is 6.01 Å². The third-order valence-corrected chi connectivity index (χ3v) is 5.78. The molecule has 8 heteroatoms. The molecule has 1 fully saturated rings. The van der Waals surface area contributed by atoms with Crippen molar-refractivity contribution >= 4 is 23.2 Å². The number of benzene rings is 1. The molecule has 1 saturated heterocycles. The molecule has 29 heavy (non-hydrogen) atoms. The molecule has 0 amide bonds. The van der Waals surface area contributed by atoms with Gasteiger partial charge in [-0.25, -0.2) is 0 Å². The van der Waals surface area contributed by atoms with Crippen LogP contribution in [0.2, 0.25) is 5.02 Å². The zero-order valence-corrected chi connectivity index (χ0v) is 17.8. The first kappa shape index (κ1) is 19.9. The number of fused-ring (bicyclic) bond motifs is 1. The smallest absolute Gasteiger partial charge is 0.322 e. The minimum Gasteiger partial charge on any atom is -0.459 e. The first-order chi connectivity index (χ1) is 14.0. The van der Waals surface area contributed by atoms with Crippen LogP contribution >= 0.6 is 11.6 Å². The molecule has 0 radical (unpaired) electrons. The maximum Gasteiger partial charge on any atom is 0.322 e. The number of hydrogen-bond acceptors (Lipinski definition) is 6. The Hall–Kier alpha value is -2.38. The summed E-state index contributed by atoms with van der Waals surface area (Å²) in [6.07, 6.45) is 2.11. The largest absolute Gasteiger partial charge is 0.459 e. The van der Waals surface area contributed by atoms with Gasteiger partial charge in [0.25, 0.3) is 0 Å². The zero-order chi connectivity index (χ0) is 20.5. The average molecular weight is 415 g/mol. The predicted molar refractivity (Wildman–Crippen MR) is 115 cm³/mol. The van der Waals surface area contributed by atoms with E-state index in [0.29, 0.717) is 11.7 Å². The topological polar surface area (TPSA) is 90.4 Å². The van der Waals surface area contributed by atoms with E-state index in [-0.39, 0.29) is 23.9 Å². The van der Waals surface area contributed by atoms with Crippen LogP contribution in [-0.4, -0.2) is 38.8 Å². The van der Waals surface area contributed by atoms with Crippen LogP contribution in [0.3, 0.4) is 0 Å². The summed E-state index contributed by atoms with van der Waals surface area (Å²) in [6.45, 7) is 8.17. The summed E-state index contributed by atoms with van der Waals surface area (Å²) in [4.78, 5) is 9.05. The van der Waals surface area contributed by atoms with Gasteiger partial charge in [0.05, 0.1) is 5.69 Å². The molecular weight excluding hydrogens is 388 g/mol. The predicted octanol–water partition coefficient (Wildman–Crippen LogP) is 3.77. The van der Waals surface area contributed by atoms with Crippen molar-refractivity contribution in [2.75, 3.05) is 18.8 Å². The third kappa shape index (κ3) is 3.89. The van der Waals surface area contributed by atoms with Gasteiger partial charge in [0, 0.05) is 23.0 Å². The van der Waals surface area contributed by atoms with Crippen molar-refractivity contribution in [3.05, 3.63) is 46.1 Å². The molecule has 0 unspecified atom stereocenters. The zero-order valence-electron chi connectivity index (χ0n) is 17.0. The second-order valence-electron chi connectivity index (χ2n) is 7.88. The van der Waals surface area contributed by atoms with E-state index in [2.05, 4.69) is 31.1 Å². The van der Waals surface area contributed by atoms with Crippen molar-refractivity contribution in [2.45, 2.75) is 51.6 Å². The normalized spacial score (nSPS) is 18.3. The lowest BCUT2D eigenvalue weighted by Crippen LogP contribution is -2.37. The number of aromatic nitrogens is 4. The molecule has 0 bridgehead atoms. The Morgan fingerprint density at radius 1 is 1.24 bits per heavy atom. The van der Waals surface area contributed by atoms with Crippen molar-refractivity contribution < 1.29 is 4.74 Å². The maximum absolute atomic E-state index is 6.45. The molecule has 0 saturated carbocycles. The molecule has 1 aliphatic rings. The van der Waals surface area contributed by atoms with E-state index in [1.54, 1.807) is 4.52 Å². The number of nitrogens with zero attached hydrogens (tertiary/aromatic N) is 4. The van der Waals surface area contributed by atoms with Crippen LogP contribution in [0.5, 0.6) is 6.01 Å². The Kier molecular flexibility index (Phi) is 5.61. The third-order valence-electron chi connectivity index (χ3n) is 5.44. The van der Waals surface area contributed by atoms with Gasteiger partial charge >= 0.3 is 6.01 Å².